The van der Waals surface area contributed by atoms with Crippen LogP contribution in [0.2, 0.25) is 5.02 Å². The second-order valence-electron chi connectivity index (χ2n) is 7.22. The first-order valence-corrected chi connectivity index (χ1v) is 11.0. The van der Waals surface area contributed by atoms with Gasteiger partial charge in [0.2, 0.25) is 0 Å². The van der Waals surface area contributed by atoms with Gasteiger partial charge in [0.05, 0.1) is 23.2 Å². The fourth-order valence-corrected chi connectivity index (χ4v) is 4.94. The van der Waals surface area contributed by atoms with Crippen molar-refractivity contribution < 1.29 is 18.7 Å². The summed E-state index contributed by atoms with van der Waals surface area (Å²) in [7, 11) is 0. The Morgan fingerprint density at radius 2 is 2.10 bits per heavy atom. The van der Waals surface area contributed by atoms with Crippen molar-refractivity contribution in [3.8, 4) is 0 Å². The van der Waals surface area contributed by atoms with Crippen LogP contribution >= 0.6 is 22.9 Å². The Kier molecular flexibility index (Phi) is 6.33. The number of carbonyl (C=O) groups is 2. The van der Waals surface area contributed by atoms with E-state index in [9.17, 15) is 18.8 Å². The summed E-state index contributed by atoms with van der Waals surface area (Å²) in [5, 5.41) is 3.00. The van der Waals surface area contributed by atoms with E-state index in [1.165, 1.54) is 27.9 Å². The molecule has 1 aliphatic rings. The highest BCUT2D eigenvalue weighted by Crippen LogP contribution is 2.33. The Morgan fingerprint density at radius 3 is 2.90 bits per heavy atom. The van der Waals surface area contributed by atoms with E-state index in [-0.39, 0.29) is 29.2 Å². The molecule has 10 heteroatoms. The number of esters is 1. The number of nitrogens with one attached hydrogen (secondary N) is 1. The first-order valence-electron chi connectivity index (χ1n) is 9.82. The minimum atomic E-state index is -0.619. The molecule has 31 heavy (non-hydrogen) atoms. The summed E-state index contributed by atoms with van der Waals surface area (Å²) in [4.78, 5) is 43.2. The van der Waals surface area contributed by atoms with Crippen LogP contribution in [0.1, 0.15) is 29.7 Å². The minimum absolute atomic E-state index is 0.0743. The molecule has 1 aliphatic carbocycles. The molecule has 0 aliphatic heterocycles. The van der Waals surface area contributed by atoms with Gasteiger partial charge in [-0.3, -0.25) is 19.0 Å². The van der Waals surface area contributed by atoms with Crippen molar-refractivity contribution >= 4 is 50.7 Å². The van der Waals surface area contributed by atoms with E-state index in [2.05, 4.69) is 10.3 Å². The number of amides is 1. The number of nitrogens with zero attached hydrogens (tertiary/aromatic N) is 2. The molecule has 162 valence electrons. The number of halogens is 2. The van der Waals surface area contributed by atoms with E-state index in [0.29, 0.717) is 5.39 Å². The first kappa shape index (κ1) is 21.5. The highest BCUT2D eigenvalue weighted by Gasteiger charge is 2.20. The molecule has 1 aromatic carbocycles. The SMILES string of the molecule is O=C(COC(=O)CCn1cnc2sc3c(c2c1=O)CCCC3)Nc1ccc(F)c(Cl)c1. The van der Waals surface area contributed by atoms with Crippen LogP contribution in [0.5, 0.6) is 0 Å². The van der Waals surface area contributed by atoms with Crippen LogP contribution < -0.4 is 10.9 Å². The lowest BCUT2D eigenvalue weighted by Crippen LogP contribution is -2.24. The number of aromatic nitrogens is 2. The van der Waals surface area contributed by atoms with Gasteiger partial charge < -0.3 is 10.1 Å². The second kappa shape index (κ2) is 9.15. The van der Waals surface area contributed by atoms with Gasteiger partial charge in [-0.05, 0) is 49.4 Å². The number of hydrogen-bond donors (Lipinski definition) is 1. The molecule has 1 N–H and O–H groups in total. The molecule has 2 aromatic heterocycles. The lowest BCUT2D eigenvalue weighted by atomic mass is 9.97. The van der Waals surface area contributed by atoms with Crippen molar-refractivity contribution in [3.63, 3.8) is 0 Å². The van der Waals surface area contributed by atoms with Crippen molar-refractivity contribution in [1.29, 1.82) is 0 Å². The summed E-state index contributed by atoms with van der Waals surface area (Å²) in [6.45, 7) is -0.390. The quantitative estimate of drug-likeness (QED) is 0.563. The van der Waals surface area contributed by atoms with Crippen LogP contribution in [-0.4, -0.2) is 28.0 Å². The van der Waals surface area contributed by atoms with E-state index >= 15 is 0 Å². The third kappa shape index (κ3) is 4.77. The summed E-state index contributed by atoms with van der Waals surface area (Å²) < 4.78 is 19.5. The summed E-state index contributed by atoms with van der Waals surface area (Å²) in [5.41, 5.74) is 1.24. The molecule has 0 saturated heterocycles. The van der Waals surface area contributed by atoms with E-state index in [4.69, 9.17) is 16.3 Å². The molecule has 2 heterocycles. The first-order chi connectivity index (χ1) is 14.9. The smallest absolute Gasteiger partial charge is 0.308 e. The van der Waals surface area contributed by atoms with Crippen LogP contribution in [0.3, 0.4) is 0 Å². The number of carbonyl (C=O) groups excluding carboxylic acids is 2. The molecule has 0 fully saturated rings. The van der Waals surface area contributed by atoms with E-state index in [0.717, 1.165) is 42.1 Å². The largest absolute Gasteiger partial charge is 0.456 e. The number of fused-ring (bicyclic) bond motifs is 3. The zero-order valence-electron chi connectivity index (χ0n) is 16.5. The normalized spacial score (nSPS) is 13.1. The van der Waals surface area contributed by atoms with Crippen molar-refractivity contribution in [2.45, 2.75) is 38.6 Å². The molecule has 4 rings (SSSR count). The zero-order valence-corrected chi connectivity index (χ0v) is 18.0. The zero-order chi connectivity index (χ0) is 22.0. The number of hydrogen-bond acceptors (Lipinski definition) is 6. The fourth-order valence-electron chi connectivity index (χ4n) is 3.54. The van der Waals surface area contributed by atoms with E-state index in [1.54, 1.807) is 11.3 Å². The standard InChI is InChI=1S/C21H19ClFN3O4S/c22-14-9-12(5-6-15(14)23)25-17(27)10-30-18(28)7-8-26-11-24-20-19(21(26)29)13-3-1-2-4-16(13)31-20/h5-6,9,11H,1-4,7-8,10H2,(H,25,27). The van der Waals surface area contributed by atoms with E-state index < -0.39 is 24.3 Å². The van der Waals surface area contributed by atoms with Crippen molar-refractivity contribution in [3.05, 3.63) is 56.2 Å². The molecule has 0 radical (unpaired) electrons. The molecular formula is C21H19ClFN3O4S. The topological polar surface area (TPSA) is 90.3 Å². The maximum absolute atomic E-state index is 13.2. The molecule has 0 atom stereocenters. The second-order valence-corrected chi connectivity index (χ2v) is 8.71. The summed E-state index contributed by atoms with van der Waals surface area (Å²) in [6.07, 6.45) is 5.42. The summed E-state index contributed by atoms with van der Waals surface area (Å²) >= 11 is 7.23. The monoisotopic (exact) mass is 463 g/mol. The van der Waals surface area contributed by atoms with Gasteiger partial charge in [0.15, 0.2) is 6.61 Å². The Balaban J connectivity index is 1.33. The maximum atomic E-state index is 13.2. The lowest BCUT2D eigenvalue weighted by Gasteiger charge is -2.10. The van der Waals surface area contributed by atoms with Crippen LogP contribution in [0.4, 0.5) is 10.1 Å². The number of benzene rings is 1. The van der Waals surface area contributed by atoms with Gasteiger partial charge in [0.25, 0.3) is 11.5 Å². The number of ether oxygens (including phenoxy) is 1. The highest BCUT2D eigenvalue weighted by molar-refractivity contribution is 7.18. The average Bonchev–Trinajstić information content (AvgIpc) is 3.14. The highest BCUT2D eigenvalue weighted by atomic mass is 35.5. The van der Waals surface area contributed by atoms with Crippen LogP contribution in [-0.2, 0) is 33.7 Å². The molecule has 0 spiro atoms. The Labute approximate surface area is 185 Å². The van der Waals surface area contributed by atoms with Gasteiger partial charge in [-0.1, -0.05) is 11.6 Å². The van der Waals surface area contributed by atoms with Crippen molar-refractivity contribution in [2.24, 2.45) is 0 Å². The maximum Gasteiger partial charge on any atom is 0.308 e. The van der Waals surface area contributed by atoms with Gasteiger partial charge in [-0.2, -0.15) is 0 Å². The van der Waals surface area contributed by atoms with Crippen LogP contribution in [0.15, 0.2) is 29.3 Å². The predicted molar refractivity (Wildman–Crippen MR) is 116 cm³/mol. The molecule has 7 nitrogen and oxygen atoms in total. The van der Waals surface area contributed by atoms with Gasteiger partial charge in [-0.15, -0.1) is 11.3 Å². The Hall–Kier alpha value is -2.78. The molecule has 1 amide bonds. The number of rotatable bonds is 6. The van der Waals surface area contributed by atoms with Crippen molar-refractivity contribution in [1.82, 2.24) is 9.55 Å². The molecule has 3 aromatic rings. The number of thiophene rings is 1. The molecule has 0 unspecified atom stereocenters. The number of aryl methyl sites for hydroxylation is 3. The number of anilines is 1. The molecular weight excluding hydrogens is 445 g/mol. The van der Waals surface area contributed by atoms with Gasteiger partial charge >= 0.3 is 5.97 Å². The van der Waals surface area contributed by atoms with Gasteiger partial charge in [-0.25, -0.2) is 9.37 Å². The Morgan fingerprint density at radius 1 is 1.29 bits per heavy atom. The van der Waals surface area contributed by atoms with Gasteiger partial charge in [0.1, 0.15) is 10.6 Å². The van der Waals surface area contributed by atoms with Crippen molar-refractivity contribution in [2.75, 3.05) is 11.9 Å². The molecule has 0 bridgehead atoms. The minimum Gasteiger partial charge on any atom is -0.456 e. The van der Waals surface area contributed by atoms with Crippen LogP contribution in [0.25, 0.3) is 10.2 Å². The predicted octanol–water partition coefficient (Wildman–Crippen LogP) is 3.70. The summed E-state index contributed by atoms with van der Waals surface area (Å²) in [6, 6.07) is 3.73. The summed E-state index contributed by atoms with van der Waals surface area (Å²) in [5.74, 6) is -1.80. The van der Waals surface area contributed by atoms with Gasteiger partial charge in [0, 0.05) is 17.1 Å². The Bertz CT molecular complexity index is 1220. The van der Waals surface area contributed by atoms with E-state index in [1.807, 2.05) is 0 Å². The lowest BCUT2D eigenvalue weighted by molar-refractivity contribution is -0.147. The average molecular weight is 464 g/mol. The third-order valence-electron chi connectivity index (χ3n) is 5.07. The van der Waals surface area contributed by atoms with Crippen LogP contribution in [0, 0.1) is 5.82 Å². The fraction of sp³-hybridized carbons (Fsp3) is 0.333. The molecule has 0 saturated carbocycles. The third-order valence-corrected chi connectivity index (χ3v) is 6.56.